The number of halogens is 1. The van der Waals surface area contributed by atoms with Gasteiger partial charge in [-0.1, -0.05) is 27.7 Å². The number of hydrogen-bond acceptors (Lipinski definition) is 3. The zero-order valence-corrected chi connectivity index (χ0v) is 12.2. The van der Waals surface area contributed by atoms with Crippen molar-refractivity contribution in [3.63, 3.8) is 0 Å². The first-order valence-electron chi connectivity index (χ1n) is 5.48. The minimum absolute atomic E-state index is 0.0112. The van der Waals surface area contributed by atoms with Gasteiger partial charge in [0.05, 0.1) is 0 Å². The lowest BCUT2D eigenvalue weighted by Gasteiger charge is -2.19. The lowest BCUT2D eigenvalue weighted by Crippen LogP contribution is -2.20. The van der Waals surface area contributed by atoms with Crippen molar-refractivity contribution in [1.82, 2.24) is 14.8 Å². The average Bonchev–Trinajstić information content (AvgIpc) is 2.55. The van der Waals surface area contributed by atoms with Crippen LogP contribution < -0.4 is 0 Å². The Morgan fingerprint density at radius 1 is 1.38 bits per heavy atom. The number of hydrogen-bond donors (Lipinski definition) is 0. The Kier molecular flexibility index (Phi) is 4.68. The van der Waals surface area contributed by atoms with Gasteiger partial charge in [-0.15, -0.1) is 10.2 Å². The Morgan fingerprint density at radius 2 is 2.00 bits per heavy atom. The van der Waals surface area contributed by atoms with Gasteiger partial charge in [0.1, 0.15) is 5.82 Å². The molecule has 0 aromatic carbocycles. The summed E-state index contributed by atoms with van der Waals surface area (Å²) in [5, 5.41) is 9.25. The van der Waals surface area contributed by atoms with E-state index in [0.29, 0.717) is 10.5 Å². The van der Waals surface area contributed by atoms with Gasteiger partial charge in [-0.3, -0.25) is 0 Å². The summed E-state index contributed by atoms with van der Waals surface area (Å²) in [7, 11) is 0. The van der Waals surface area contributed by atoms with Crippen LogP contribution in [0.3, 0.4) is 0 Å². The molecule has 0 aliphatic rings. The van der Waals surface area contributed by atoms with Crippen LogP contribution in [0.15, 0.2) is 0 Å². The van der Waals surface area contributed by atoms with Crippen LogP contribution in [0.2, 0.25) is 5.28 Å². The molecule has 1 aromatic heterocycles. The molecule has 0 saturated carbocycles. The molecule has 1 aromatic rings. The molecule has 0 aliphatic heterocycles. The molecular weight excluding hydrogens is 242 g/mol. The molecule has 1 heterocycles. The summed E-state index contributed by atoms with van der Waals surface area (Å²) in [5.41, 5.74) is -0.0112. The van der Waals surface area contributed by atoms with Gasteiger partial charge >= 0.3 is 0 Å². The van der Waals surface area contributed by atoms with E-state index < -0.39 is 0 Å². The van der Waals surface area contributed by atoms with E-state index in [1.165, 1.54) is 0 Å². The molecule has 0 aliphatic carbocycles. The predicted molar refractivity (Wildman–Crippen MR) is 71.3 cm³/mol. The molecule has 1 rings (SSSR count). The maximum atomic E-state index is 6.06. The molecule has 0 fully saturated rings. The average molecular weight is 262 g/mol. The van der Waals surface area contributed by atoms with E-state index in [4.69, 9.17) is 11.6 Å². The van der Waals surface area contributed by atoms with Crippen LogP contribution in [-0.4, -0.2) is 26.3 Å². The van der Waals surface area contributed by atoms with Crippen molar-refractivity contribution in [3.8, 4) is 0 Å². The second kappa shape index (κ2) is 5.41. The van der Waals surface area contributed by atoms with Crippen LogP contribution >= 0.6 is 23.4 Å². The molecule has 92 valence electrons. The third-order valence-electron chi connectivity index (χ3n) is 2.54. The van der Waals surface area contributed by atoms with Crippen molar-refractivity contribution >= 4 is 23.4 Å². The highest BCUT2D eigenvalue weighted by Gasteiger charge is 2.23. The van der Waals surface area contributed by atoms with Gasteiger partial charge in [0.2, 0.25) is 5.28 Å². The van der Waals surface area contributed by atoms with Gasteiger partial charge in [0, 0.05) is 17.2 Å². The molecule has 0 amide bonds. The molecular formula is C11H20ClN3S. The zero-order valence-electron chi connectivity index (χ0n) is 10.6. The highest BCUT2D eigenvalue weighted by atomic mass is 35.5. The van der Waals surface area contributed by atoms with Crippen LogP contribution in [0.5, 0.6) is 0 Å². The molecule has 3 nitrogen and oxygen atoms in total. The lowest BCUT2D eigenvalue weighted by atomic mass is 9.95. The van der Waals surface area contributed by atoms with Crippen molar-refractivity contribution in [2.24, 2.45) is 0 Å². The number of rotatable bonds is 4. The van der Waals surface area contributed by atoms with Crippen LogP contribution in [-0.2, 0) is 12.0 Å². The summed E-state index contributed by atoms with van der Waals surface area (Å²) >= 11 is 7.93. The first-order valence-corrected chi connectivity index (χ1v) is 7.15. The molecule has 0 saturated heterocycles. The first-order chi connectivity index (χ1) is 7.36. The normalized spacial score (nSPS) is 14.1. The van der Waals surface area contributed by atoms with Crippen molar-refractivity contribution in [1.29, 1.82) is 0 Å². The standard InChI is InChI=1S/C11H20ClN3S/c1-8(16-5)6-7-15-9(11(2,3)4)13-14-10(15)12/h8H,6-7H2,1-5H3. The molecule has 16 heavy (non-hydrogen) atoms. The van der Waals surface area contributed by atoms with Crippen molar-refractivity contribution in [2.45, 2.75) is 51.3 Å². The summed E-state index contributed by atoms with van der Waals surface area (Å²) < 4.78 is 2.02. The first kappa shape index (κ1) is 13.8. The van der Waals surface area contributed by atoms with E-state index in [-0.39, 0.29) is 5.41 Å². The molecule has 0 spiro atoms. The van der Waals surface area contributed by atoms with E-state index in [9.17, 15) is 0 Å². The Labute approximate surface area is 107 Å². The summed E-state index contributed by atoms with van der Waals surface area (Å²) in [6.45, 7) is 9.49. The third kappa shape index (κ3) is 3.39. The number of thioether (sulfide) groups is 1. The minimum Gasteiger partial charge on any atom is -0.301 e. The topological polar surface area (TPSA) is 30.7 Å². The summed E-state index contributed by atoms with van der Waals surface area (Å²) in [5.74, 6) is 0.964. The summed E-state index contributed by atoms with van der Waals surface area (Å²) in [6, 6.07) is 0. The van der Waals surface area contributed by atoms with E-state index in [1.807, 2.05) is 16.3 Å². The Balaban J connectivity index is 2.82. The fourth-order valence-electron chi connectivity index (χ4n) is 1.47. The zero-order chi connectivity index (χ0) is 12.3. The van der Waals surface area contributed by atoms with Crippen LogP contribution in [0, 0.1) is 0 Å². The molecule has 0 radical (unpaired) electrons. The van der Waals surface area contributed by atoms with Gasteiger partial charge in [0.25, 0.3) is 0 Å². The Morgan fingerprint density at radius 3 is 2.50 bits per heavy atom. The summed E-state index contributed by atoms with van der Waals surface area (Å²) in [6.07, 6.45) is 3.21. The van der Waals surface area contributed by atoms with E-state index in [2.05, 4.69) is 44.1 Å². The van der Waals surface area contributed by atoms with E-state index in [0.717, 1.165) is 18.8 Å². The van der Waals surface area contributed by atoms with E-state index >= 15 is 0 Å². The molecule has 1 atom stereocenters. The molecule has 0 N–H and O–H groups in total. The minimum atomic E-state index is -0.0112. The Bertz CT molecular complexity index is 343. The number of nitrogens with zero attached hydrogens (tertiary/aromatic N) is 3. The van der Waals surface area contributed by atoms with Gasteiger partial charge in [0.15, 0.2) is 0 Å². The third-order valence-corrected chi connectivity index (χ3v) is 3.86. The van der Waals surface area contributed by atoms with Crippen LogP contribution in [0.4, 0.5) is 0 Å². The van der Waals surface area contributed by atoms with Crippen LogP contribution in [0.1, 0.15) is 39.9 Å². The van der Waals surface area contributed by atoms with Gasteiger partial charge in [-0.2, -0.15) is 11.8 Å². The molecule has 5 heteroatoms. The number of aromatic nitrogens is 3. The van der Waals surface area contributed by atoms with Crippen LogP contribution in [0.25, 0.3) is 0 Å². The fraction of sp³-hybridized carbons (Fsp3) is 0.818. The largest absolute Gasteiger partial charge is 0.301 e. The smallest absolute Gasteiger partial charge is 0.225 e. The van der Waals surface area contributed by atoms with Crippen molar-refractivity contribution in [2.75, 3.05) is 6.26 Å². The molecule has 1 unspecified atom stereocenters. The summed E-state index contributed by atoms with van der Waals surface area (Å²) in [4.78, 5) is 0. The maximum absolute atomic E-state index is 6.06. The predicted octanol–water partition coefficient (Wildman–Crippen LogP) is 3.37. The maximum Gasteiger partial charge on any atom is 0.225 e. The SMILES string of the molecule is CSC(C)CCn1c(Cl)nnc1C(C)(C)C. The fourth-order valence-corrected chi connectivity index (χ4v) is 2.01. The second-order valence-corrected chi connectivity index (χ2v) is 6.64. The highest BCUT2D eigenvalue weighted by Crippen LogP contribution is 2.24. The van der Waals surface area contributed by atoms with Gasteiger partial charge in [-0.05, 0) is 24.3 Å². The monoisotopic (exact) mass is 261 g/mol. The van der Waals surface area contributed by atoms with Gasteiger partial charge < -0.3 is 4.57 Å². The quantitative estimate of drug-likeness (QED) is 0.833. The van der Waals surface area contributed by atoms with Crippen molar-refractivity contribution in [3.05, 3.63) is 11.1 Å². The Hall–Kier alpha value is -0.220. The second-order valence-electron chi connectivity index (χ2n) is 5.03. The molecule has 0 bridgehead atoms. The van der Waals surface area contributed by atoms with E-state index in [1.54, 1.807) is 0 Å². The lowest BCUT2D eigenvalue weighted by molar-refractivity contribution is 0.489. The van der Waals surface area contributed by atoms with Crippen molar-refractivity contribution < 1.29 is 0 Å². The highest BCUT2D eigenvalue weighted by molar-refractivity contribution is 7.99. The van der Waals surface area contributed by atoms with Gasteiger partial charge in [-0.25, -0.2) is 0 Å².